The van der Waals surface area contributed by atoms with E-state index in [2.05, 4.69) is 16.6 Å². The molecule has 1 rings (SSSR count). The van der Waals surface area contributed by atoms with Gasteiger partial charge in [-0.1, -0.05) is 19.8 Å². The molecule has 0 aliphatic carbocycles. The van der Waals surface area contributed by atoms with Crippen molar-refractivity contribution >= 4 is 17.3 Å². The molecule has 0 atom stereocenters. The van der Waals surface area contributed by atoms with Crippen molar-refractivity contribution in [1.29, 1.82) is 0 Å². The molecular formula is C13H16N2O. The van der Waals surface area contributed by atoms with E-state index in [1.54, 1.807) is 0 Å². The molecule has 1 aromatic rings. The summed E-state index contributed by atoms with van der Waals surface area (Å²) in [6, 6.07) is 7.46. The molecule has 0 heterocycles. The highest BCUT2D eigenvalue weighted by Gasteiger charge is 2.06. The summed E-state index contributed by atoms with van der Waals surface area (Å²) in [5.41, 5.74) is 1.74. The Hall–Kier alpha value is -1.95. The van der Waals surface area contributed by atoms with Gasteiger partial charge in [-0.15, -0.1) is 6.42 Å². The third-order valence-corrected chi connectivity index (χ3v) is 2.07. The molecule has 0 bridgehead atoms. The van der Waals surface area contributed by atoms with Crippen LogP contribution in [0.4, 0.5) is 11.4 Å². The van der Waals surface area contributed by atoms with Crippen molar-refractivity contribution in [1.82, 2.24) is 0 Å². The number of benzene rings is 1. The molecule has 0 aliphatic heterocycles. The van der Waals surface area contributed by atoms with Gasteiger partial charge in [0.25, 0.3) is 0 Å². The van der Waals surface area contributed by atoms with Crippen molar-refractivity contribution in [2.45, 2.75) is 13.8 Å². The Bertz CT molecular complexity index is 387. The number of hydrogen-bond acceptors (Lipinski definition) is 2. The van der Waals surface area contributed by atoms with E-state index >= 15 is 0 Å². The lowest BCUT2D eigenvalue weighted by Crippen LogP contribution is -2.17. The number of terminal acetylenes is 1. The molecule has 0 saturated carbocycles. The summed E-state index contributed by atoms with van der Waals surface area (Å²) in [6.45, 7) is 4.22. The zero-order valence-electron chi connectivity index (χ0n) is 9.58. The van der Waals surface area contributed by atoms with Crippen LogP contribution in [0.3, 0.4) is 0 Å². The Morgan fingerprint density at radius 2 is 1.88 bits per heavy atom. The molecule has 0 unspecified atom stereocenters. The maximum atomic E-state index is 11.4. The topological polar surface area (TPSA) is 41.1 Å². The summed E-state index contributed by atoms with van der Waals surface area (Å²) in [7, 11) is 0. The molecule has 2 N–H and O–H groups in total. The molecular weight excluding hydrogens is 200 g/mol. The number of anilines is 2. The lowest BCUT2D eigenvalue weighted by molar-refractivity contribution is -0.118. The minimum absolute atomic E-state index is 0.0146. The van der Waals surface area contributed by atoms with Crippen LogP contribution in [-0.2, 0) is 4.79 Å². The number of amides is 1. The van der Waals surface area contributed by atoms with Gasteiger partial charge in [-0.2, -0.15) is 0 Å². The molecule has 0 aromatic heterocycles. The van der Waals surface area contributed by atoms with Crippen LogP contribution in [0, 0.1) is 18.3 Å². The average molecular weight is 216 g/mol. The second kappa shape index (κ2) is 5.82. The van der Waals surface area contributed by atoms with E-state index in [0.29, 0.717) is 6.54 Å². The normalized spacial score (nSPS) is 9.62. The zero-order valence-corrected chi connectivity index (χ0v) is 9.58. The molecule has 1 amide bonds. The van der Waals surface area contributed by atoms with Crippen molar-refractivity contribution in [2.24, 2.45) is 5.92 Å². The highest BCUT2D eigenvalue weighted by molar-refractivity contribution is 5.92. The number of carbonyl (C=O) groups excluding carboxylic acids is 1. The van der Waals surface area contributed by atoms with Gasteiger partial charge in [0.05, 0.1) is 6.54 Å². The molecule has 3 nitrogen and oxygen atoms in total. The minimum Gasteiger partial charge on any atom is -0.374 e. The van der Waals surface area contributed by atoms with Crippen molar-refractivity contribution in [2.75, 3.05) is 17.2 Å². The van der Waals surface area contributed by atoms with E-state index in [4.69, 9.17) is 6.42 Å². The lowest BCUT2D eigenvalue weighted by atomic mass is 10.2. The van der Waals surface area contributed by atoms with Gasteiger partial charge in [-0.25, -0.2) is 0 Å². The summed E-state index contributed by atoms with van der Waals surface area (Å²) in [5, 5.41) is 5.87. The summed E-state index contributed by atoms with van der Waals surface area (Å²) >= 11 is 0. The van der Waals surface area contributed by atoms with Gasteiger partial charge in [-0.05, 0) is 24.3 Å². The fourth-order valence-corrected chi connectivity index (χ4v) is 1.11. The number of carbonyl (C=O) groups is 1. The van der Waals surface area contributed by atoms with Crippen LogP contribution in [-0.4, -0.2) is 12.5 Å². The number of hydrogen-bond donors (Lipinski definition) is 2. The van der Waals surface area contributed by atoms with Crippen molar-refractivity contribution in [3.05, 3.63) is 24.3 Å². The summed E-state index contributed by atoms with van der Waals surface area (Å²) in [5.74, 6) is 2.50. The van der Waals surface area contributed by atoms with Gasteiger partial charge >= 0.3 is 0 Å². The Morgan fingerprint density at radius 1 is 1.31 bits per heavy atom. The molecule has 16 heavy (non-hydrogen) atoms. The highest BCUT2D eigenvalue weighted by Crippen LogP contribution is 2.13. The Labute approximate surface area is 96.2 Å². The fraction of sp³-hybridized carbons (Fsp3) is 0.308. The Balaban J connectivity index is 2.58. The number of rotatable bonds is 4. The molecule has 0 radical (unpaired) electrons. The van der Waals surface area contributed by atoms with Crippen LogP contribution in [0.5, 0.6) is 0 Å². The van der Waals surface area contributed by atoms with E-state index in [-0.39, 0.29) is 11.8 Å². The molecule has 0 spiro atoms. The average Bonchev–Trinajstić information content (AvgIpc) is 2.28. The molecule has 3 heteroatoms. The first-order chi connectivity index (χ1) is 7.63. The first-order valence-electron chi connectivity index (χ1n) is 5.21. The van der Waals surface area contributed by atoms with Crippen LogP contribution in [0.2, 0.25) is 0 Å². The van der Waals surface area contributed by atoms with Gasteiger partial charge in [0, 0.05) is 17.3 Å². The second-order valence-electron chi connectivity index (χ2n) is 3.78. The first kappa shape index (κ1) is 12.1. The number of nitrogens with one attached hydrogen (secondary N) is 2. The monoisotopic (exact) mass is 216 g/mol. The summed E-state index contributed by atoms with van der Waals surface area (Å²) in [4.78, 5) is 11.4. The van der Waals surface area contributed by atoms with E-state index in [0.717, 1.165) is 11.4 Å². The summed E-state index contributed by atoms with van der Waals surface area (Å²) < 4.78 is 0. The molecule has 0 fully saturated rings. The van der Waals surface area contributed by atoms with Gasteiger partial charge in [-0.3, -0.25) is 4.79 Å². The quantitative estimate of drug-likeness (QED) is 0.758. The second-order valence-corrected chi connectivity index (χ2v) is 3.78. The van der Waals surface area contributed by atoms with Crippen molar-refractivity contribution < 1.29 is 4.79 Å². The third kappa shape index (κ3) is 3.66. The molecule has 1 aromatic carbocycles. The van der Waals surface area contributed by atoms with E-state index < -0.39 is 0 Å². The first-order valence-corrected chi connectivity index (χ1v) is 5.21. The van der Waals surface area contributed by atoms with Crippen molar-refractivity contribution in [3.63, 3.8) is 0 Å². The molecule has 0 saturated heterocycles. The van der Waals surface area contributed by atoms with Crippen LogP contribution >= 0.6 is 0 Å². The van der Waals surface area contributed by atoms with Crippen LogP contribution in [0.1, 0.15) is 13.8 Å². The molecule has 0 aliphatic rings. The van der Waals surface area contributed by atoms with E-state index in [1.165, 1.54) is 0 Å². The zero-order chi connectivity index (χ0) is 12.0. The minimum atomic E-state index is -0.0146. The highest BCUT2D eigenvalue weighted by atomic mass is 16.1. The predicted molar refractivity (Wildman–Crippen MR) is 67.2 cm³/mol. The fourth-order valence-electron chi connectivity index (χ4n) is 1.11. The Kier molecular flexibility index (Phi) is 4.41. The standard InChI is InChI=1S/C13H16N2O/c1-4-9-14-11-5-7-12(8-6-11)15-13(16)10(2)3/h1,5-8,10,14H,9H2,2-3H3,(H,15,16). The van der Waals surface area contributed by atoms with Gasteiger partial charge < -0.3 is 10.6 Å². The molecule has 84 valence electrons. The maximum Gasteiger partial charge on any atom is 0.226 e. The SMILES string of the molecule is C#CCNc1ccc(NC(=O)C(C)C)cc1. The Morgan fingerprint density at radius 3 is 2.38 bits per heavy atom. The third-order valence-electron chi connectivity index (χ3n) is 2.07. The van der Waals surface area contributed by atoms with Gasteiger partial charge in [0.15, 0.2) is 0 Å². The van der Waals surface area contributed by atoms with Crippen molar-refractivity contribution in [3.8, 4) is 12.3 Å². The van der Waals surface area contributed by atoms with Gasteiger partial charge in [0.1, 0.15) is 0 Å². The van der Waals surface area contributed by atoms with E-state index in [1.807, 2.05) is 38.1 Å². The smallest absolute Gasteiger partial charge is 0.226 e. The van der Waals surface area contributed by atoms with Crippen LogP contribution in [0.25, 0.3) is 0 Å². The van der Waals surface area contributed by atoms with Crippen LogP contribution in [0.15, 0.2) is 24.3 Å². The predicted octanol–water partition coefficient (Wildman–Crippen LogP) is 2.33. The maximum absolute atomic E-state index is 11.4. The van der Waals surface area contributed by atoms with E-state index in [9.17, 15) is 4.79 Å². The van der Waals surface area contributed by atoms with Crippen LogP contribution < -0.4 is 10.6 Å². The largest absolute Gasteiger partial charge is 0.374 e. The van der Waals surface area contributed by atoms with Gasteiger partial charge in [0.2, 0.25) is 5.91 Å². The lowest BCUT2D eigenvalue weighted by Gasteiger charge is -2.08. The summed E-state index contributed by atoms with van der Waals surface area (Å²) in [6.07, 6.45) is 5.14.